The molecule has 0 unspecified atom stereocenters. The Bertz CT molecular complexity index is 345. The molecule has 1 aromatic carbocycles. The molecule has 0 spiro atoms. The first-order valence-electron chi connectivity index (χ1n) is 4.55. The fourth-order valence-corrected chi connectivity index (χ4v) is 1.95. The summed E-state index contributed by atoms with van der Waals surface area (Å²) in [5.41, 5.74) is 1.23. The highest BCUT2D eigenvalue weighted by atomic mass is 79.9. The number of hydrogen-bond acceptors (Lipinski definition) is 2. The summed E-state index contributed by atoms with van der Waals surface area (Å²) in [6, 6.07) is 8.11. The first kappa shape index (κ1) is 9.71. The van der Waals surface area contributed by atoms with Gasteiger partial charge in [-0.05, 0) is 30.0 Å². The zero-order valence-electron chi connectivity index (χ0n) is 7.87. The van der Waals surface area contributed by atoms with Gasteiger partial charge in [0.25, 0.3) is 0 Å². The van der Waals surface area contributed by atoms with Crippen LogP contribution < -0.4 is 0 Å². The average Bonchev–Trinajstić information content (AvgIpc) is 2.98. The Labute approximate surface area is 91.4 Å². The smallest absolute Gasteiger partial charge is 0.309 e. The zero-order chi connectivity index (χ0) is 10.1. The number of esters is 1. The van der Waals surface area contributed by atoms with E-state index in [1.54, 1.807) is 0 Å². The highest BCUT2D eigenvalue weighted by Crippen LogP contribution is 2.48. The summed E-state index contributed by atoms with van der Waals surface area (Å²) >= 11 is 3.38. The van der Waals surface area contributed by atoms with Crippen molar-refractivity contribution in [2.45, 2.75) is 12.3 Å². The van der Waals surface area contributed by atoms with Crippen LogP contribution in [0.4, 0.5) is 0 Å². The van der Waals surface area contributed by atoms with Gasteiger partial charge in [0.2, 0.25) is 0 Å². The average molecular weight is 255 g/mol. The summed E-state index contributed by atoms with van der Waals surface area (Å²) in [4.78, 5) is 11.2. The van der Waals surface area contributed by atoms with Crippen LogP contribution in [0.2, 0.25) is 0 Å². The molecule has 1 saturated carbocycles. The molecule has 0 N–H and O–H groups in total. The van der Waals surface area contributed by atoms with Crippen LogP contribution in [-0.4, -0.2) is 13.1 Å². The van der Waals surface area contributed by atoms with E-state index in [9.17, 15) is 4.79 Å². The van der Waals surface area contributed by atoms with E-state index < -0.39 is 0 Å². The van der Waals surface area contributed by atoms with E-state index >= 15 is 0 Å². The molecule has 0 bridgehead atoms. The highest BCUT2D eigenvalue weighted by molar-refractivity contribution is 9.10. The van der Waals surface area contributed by atoms with Crippen molar-refractivity contribution < 1.29 is 9.53 Å². The Hall–Kier alpha value is -0.830. The molecule has 0 radical (unpaired) electrons. The summed E-state index contributed by atoms with van der Waals surface area (Å²) in [5.74, 6) is 0.370. The maximum Gasteiger partial charge on any atom is 0.309 e. The number of rotatable bonds is 2. The standard InChI is InChI=1S/C11H11BrO2/c1-14-11(13)10-6-9(10)7-2-4-8(12)5-3-7/h2-5,9-10H,6H2,1H3/t9-,10+/m1/s1. The quantitative estimate of drug-likeness (QED) is 0.759. The Balaban J connectivity index is 2.06. The van der Waals surface area contributed by atoms with Crippen LogP contribution in [0.25, 0.3) is 0 Å². The van der Waals surface area contributed by atoms with Gasteiger partial charge in [0.05, 0.1) is 13.0 Å². The lowest BCUT2D eigenvalue weighted by molar-refractivity contribution is -0.142. The predicted molar refractivity (Wildman–Crippen MR) is 57.0 cm³/mol. The van der Waals surface area contributed by atoms with Crippen molar-refractivity contribution >= 4 is 21.9 Å². The number of benzene rings is 1. The lowest BCUT2D eigenvalue weighted by Gasteiger charge is -1.99. The Morgan fingerprint density at radius 1 is 1.43 bits per heavy atom. The van der Waals surface area contributed by atoms with E-state index in [4.69, 9.17) is 4.74 Å². The molecule has 1 fully saturated rings. The van der Waals surface area contributed by atoms with E-state index in [1.165, 1.54) is 12.7 Å². The van der Waals surface area contributed by atoms with Crippen molar-refractivity contribution in [3.63, 3.8) is 0 Å². The van der Waals surface area contributed by atoms with Crippen LogP contribution in [0.15, 0.2) is 28.7 Å². The van der Waals surface area contributed by atoms with Crippen molar-refractivity contribution in [1.29, 1.82) is 0 Å². The Kier molecular flexibility index (Phi) is 2.59. The van der Waals surface area contributed by atoms with Gasteiger partial charge in [-0.2, -0.15) is 0 Å². The third-order valence-electron chi connectivity index (χ3n) is 2.59. The topological polar surface area (TPSA) is 26.3 Å². The van der Waals surface area contributed by atoms with Gasteiger partial charge in [0, 0.05) is 4.47 Å². The van der Waals surface area contributed by atoms with Crippen molar-refractivity contribution in [3.8, 4) is 0 Å². The van der Waals surface area contributed by atoms with Gasteiger partial charge >= 0.3 is 5.97 Å². The van der Waals surface area contributed by atoms with Crippen molar-refractivity contribution in [3.05, 3.63) is 34.3 Å². The molecule has 0 saturated heterocycles. The second-order valence-corrected chi connectivity index (χ2v) is 4.44. The molecular weight excluding hydrogens is 244 g/mol. The van der Waals surface area contributed by atoms with Crippen LogP contribution in [-0.2, 0) is 9.53 Å². The van der Waals surface area contributed by atoms with Crippen LogP contribution >= 0.6 is 15.9 Å². The second kappa shape index (κ2) is 3.73. The van der Waals surface area contributed by atoms with Crippen molar-refractivity contribution in [2.24, 2.45) is 5.92 Å². The summed E-state index contributed by atoms with van der Waals surface area (Å²) in [6.07, 6.45) is 0.925. The zero-order valence-corrected chi connectivity index (χ0v) is 9.45. The molecule has 0 amide bonds. The van der Waals surface area contributed by atoms with Gasteiger partial charge in [-0.1, -0.05) is 28.1 Å². The number of methoxy groups -OCH3 is 1. The third kappa shape index (κ3) is 1.82. The lowest BCUT2D eigenvalue weighted by Crippen LogP contribution is -2.03. The first-order valence-corrected chi connectivity index (χ1v) is 5.35. The number of carbonyl (C=O) groups is 1. The van der Waals surface area contributed by atoms with E-state index in [-0.39, 0.29) is 11.9 Å². The Morgan fingerprint density at radius 3 is 2.64 bits per heavy atom. The number of hydrogen-bond donors (Lipinski definition) is 0. The van der Waals surface area contributed by atoms with Gasteiger partial charge < -0.3 is 4.74 Å². The SMILES string of the molecule is COC(=O)[C@H]1C[C@@H]1c1ccc(Br)cc1. The van der Waals surface area contributed by atoms with Crippen LogP contribution in [0.1, 0.15) is 17.9 Å². The van der Waals surface area contributed by atoms with Crippen LogP contribution in [0, 0.1) is 5.92 Å². The molecule has 0 heterocycles. The largest absolute Gasteiger partial charge is 0.469 e. The summed E-state index contributed by atoms with van der Waals surface area (Å²) in [6.45, 7) is 0. The van der Waals surface area contributed by atoms with Gasteiger partial charge in [0.1, 0.15) is 0 Å². The third-order valence-corrected chi connectivity index (χ3v) is 3.12. The maximum atomic E-state index is 11.2. The number of halogens is 1. The van der Waals surface area contributed by atoms with Crippen molar-refractivity contribution in [1.82, 2.24) is 0 Å². The maximum absolute atomic E-state index is 11.2. The molecule has 0 aliphatic heterocycles. The predicted octanol–water partition coefficient (Wildman–Crippen LogP) is 2.73. The van der Waals surface area contributed by atoms with E-state index in [2.05, 4.69) is 28.1 Å². The van der Waals surface area contributed by atoms with E-state index in [0.29, 0.717) is 5.92 Å². The first-order chi connectivity index (χ1) is 6.72. The molecule has 1 aliphatic rings. The van der Waals surface area contributed by atoms with Gasteiger partial charge in [-0.25, -0.2) is 0 Å². The molecule has 0 aromatic heterocycles. The fraction of sp³-hybridized carbons (Fsp3) is 0.364. The monoisotopic (exact) mass is 254 g/mol. The van der Waals surface area contributed by atoms with Gasteiger partial charge in [-0.3, -0.25) is 4.79 Å². The summed E-state index contributed by atoms with van der Waals surface area (Å²) in [7, 11) is 1.44. The van der Waals surface area contributed by atoms with E-state index in [1.807, 2.05) is 12.1 Å². The Morgan fingerprint density at radius 2 is 2.07 bits per heavy atom. The van der Waals surface area contributed by atoms with Gasteiger partial charge in [0.15, 0.2) is 0 Å². The summed E-state index contributed by atoms with van der Waals surface area (Å²) in [5, 5.41) is 0. The molecule has 74 valence electrons. The molecule has 2 nitrogen and oxygen atoms in total. The minimum absolute atomic E-state index is 0.0844. The normalized spacial score (nSPS) is 24.4. The van der Waals surface area contributed by atoms with Crippen LogP contribution in [0.5, 0.6) is 0 Å². The summed E-state index contributed by atoms with van der Waals surface area (Å²) < 4.78 is 5.77. The van der Waals surface area contributed by atoms with E-state index in [0.717, 1.165) is 10.9 Å². The molecule has 1 aliphatic carbocycles. The lowest BCUT2D eigenvalue weighted by atomic mass is 10.1. The van der Waals surface area contributed by atoms with Crippen molar-refractivity contribution in [2.75, 3.05) is 7.11 Å². The van der Waals surface area contributed by atoms with Crippen LogP contribution in [0.3, 0.4) is 0 Å². The molecule has 3 heteroatoms. The molecular formula is C11H11BrO2. The molecule has 14 heavy (non-hydrogen) atoms. The minimum Gasteiger partial charge on any atom is -0.469 e. The number of carbonyl (C=O) groups excluding carboxylic acids is 1. The molecule has 1 aromatic rings. The molecule has 2 atom stereocenters. The number of ether oxygens (including phenoxy) is 1. The fourth-order valence-electron chi connectivity index (χ4n) is 1.69. The van der Waals surface area contributed by atoms with Gasteiger partial charge in [-0.15, -0.1) is 0 Å². The molecule has 2 rings (SSSR count). The minimum atomic E-state index is -0.0853. The second-order valence-electron chi connectivity index (χ2n) is 3.52. The highest BCUT2D eigenvalue weighted by Gasteiger charge is 2.44.